The van der Waals surface area contributed by atoms with Gasteiger partial charge >= 0.3 is 6.09 Å². The second-order valence-corrected chi connectivity index (χ2v) is 13.7. The summed E-state index contributed by atoms with van der Waals surface area (Å²) in [6.07, 6.45) is 3.33. The second kappa shape index (κ2) is 14.6. The van der Waals surface area contributed by atoms with Gasteiger partial charge in [-0.3, -0.25) is 0 Å². The number of benzene rings is 4. The maximum atomic E-state index is 14.4. The van der Waals surface area contributed by atoms with Crippen molar-refractivity contribution in [2.75, 3.05) is 18.6 Å². The lowest BCUT2D eigenvalue weighted by molar-refractivity contribution is 0.200. The molecule has 1 aliphatic rings. The van der Waals surface area contributed by atoms with Gasteiger partial charge in [0.15, 0.2) is 0 Å². The van der Waals surface area contributed by atoms with Crippen molar-refractivity contribution in [3.63, 3.8) is 0 Å². The molecule has 0 saturated heterocycles. The third-order valence-electron chi connectivity index (χ3n) is 8.53. The molecule has 11 nitrogen and oxygen atoms in total. The Morgan fingerprint density at radius 1 is 0.980 bits per heavy atom. The van der Waals surface area contributed by atoms with E-state index in [0.29, 0.717) is 43.1 Å². The van der Waals surface area contributed by atoms with E-state index < -0.39 is 22.2 Å². The smallest absolute Gasteiger partial charge is 0.412 e. The number of amides is 1. The number of anilines is 1. The molecule has 0 aliphatic carbocycles. The van der Waals surface area contributed by atoms with Gasteiger partial charge in [-0.2, -0.15) is 9.57 Å². The largest absolute Gasteiger partial charge is 0.497 e. The Kier molecular flexibility index (Phi) is 9.94. The van der Waals surface area contributed by atoms with Crippen LogP contribution in [0.5, 0.6) is 11.5 Å². The summed E-state index contributed by atoms with van der Waals surface area (Å²) in [5.41, 5.74) is 4.79. The number of hydrogen-bond donors (Lipinski definition) is 1. The van der Waals surface area contributed by atoms with Gasteiger partial charge in [0.2, 0.25) is 10.0 Å². The summed E-state index contributed by atoms with van der Waals surface area (Å²) in [7, 11) is -0.566. The molecule has 4 aromatic carbocycles. The normalized spacial score (nSPS) is 14.7. The second-order valence-electron chi connectivity index (χ2n) is 11.8. The van der Waals surface area contributed by atoms with Crippen molar-refractivity contribution < 1.29 is 22.7 Å². The van der Waals surface area contributed by atoms with Gasteiger partial charge in [-0.1, -0.05) is 42.5 Å². The Labute approximate surface area is 286 Å². The van der Waals surface area contributed by atoms with Crippen LogP contribution in [0.25, 0.3) is 0 Å². The van der Waals surface area contributed by atoms with Crippen LogP contribution in [-0.2, 0) is 43.1 Å². The van der Waals surface area contributed by atoms with Crippen molar-refractivity contribution >= 4 is 21.8 Å². The molecule has 12 heteroatoms. The van der Waals surface area contributed by atoms with E-state index in [9.17, 15) is 18.5 Å². The highest BCUT2D eigenvalue weighted by molar-refractivity contribution is 7.89. The number of fused-ring (bicyclic) bond motifs is 1. The fourth-order valence-corrected chi connectivity index (χ4v) is 7.52. The molecular weight excluding hydrogens is 641 g/mol. The van der Waals surface area contributed by atoms with Gasteiger partial charge in [0.25, 0.3) is 0 Å². The summed E-state index contributed by atoms with van der Waals surface area (Å²) < 4.78 is 43.1. The van der Waals surface area contributed by atoms with Gasteiger partial charge in [0.1, 0.15) is 11.5 Å². The van der Waals surface area contributed by atoms with E-state index in [1.54, 1.807) is 61.1 Å². The minimum Gasteiger partial charge on any atom is -0.497 e. The minimum atomic E-state index is -4.02. The Balaban J connectivity index is 1.30. The van der Waals surface area contributed by atoms with Crippen LogP contribution in [-0.4, -0.2) is 48.1 Å². The summed E-state index contributed by atoms with van der Waals surface area (Å²) in [5, 5.41) is 12.5. The lowest BCUT2D eigenvalue weighted by Crippen LogP contribution is -2.45. The molecule has 0 unspecified atom stereocenters. The van der Waals surface area contributed by atoms with Crippen LogP contribution < -0.4 is 19.7 Å². The lowest BCUT2D eigenvalue weighted by Gasteiger charge is -2.32. The third kappa shape index (κ3) is 7.75. The number of aromatic nitrogens is 2. The van der Waals surface area contributed by atoms with Crippen molar-refractivity contribution in [3.8, 4) is 17.6 Å². The monoisotopic (exact) mass is 676 g/mol. The quantitative estimate of drug-likeness (QED) is 0.208. The highest BCUT2D eigenvalue weighted by Gasteiger charge is 2.37. The van der Waals surface area contributed by atoms with Crippen molar-refractivity contribution in [1.29, 1.82) is 5.26 Å². The van der Waals surface area contributed by atoms with E-state index in [1.807, 2.05) is 60.1 Å². The molecule has 0 radical (unpaired) electrons. The van der Waals surface area contributed by atoms with Gasteiger partial charge in [-0.15, -0.1) is 0 Å². The zero-order valence-electron chi connectivity index (χ0n) is 27.2. The number of imidazole rings is 1. The predicted octanol–water partition coefficient (Wildman–Crippen LogP) is 5.41. The number of nitrogens with one attached hydrogen (secondary N) is 1. The van der Waals surface area contributed by atoms with E-state index in [1.165, 1.54) is 11.4 Å². The number of rotatable bonds is 10. The summed E-state index contributed by atoms with van der Waals surface area (Å²) in [4.78, 5) is 19.0. The van der Waals surface area contributed by atoms with Gasteiger partial charge in [0, 0.05) is 44.6 Å². The van der Waals surface area contributed by atoms with E-state index in [-0.39, 0.29) is 11.4 Å². The van der Waals surface area contributed by atoms with Crippen LogP contribution in [0.4, 0.5) is 10.5 Å². The lowest BCUT2D eigenvalue weighted by atomic mass is 10.1. The number of carbonyl (C=O) groups excluding carboxylic acids is 1. The molecule has 2 heterocycles. The Hall–Kier alpha value is -5.64. The zero-order valence-corrected chi connectivity index (χ0v) is 28.0. The molecule has 6 rings (SSSR count). The fraction of sp³-hybridized carbons (Fsp3) is 0.216. The summed E-state index contributed by atoms with van der Waals surface area (Å²) in [6.45, 7) is 1.24. The SMILES string of the molecule is COc1ccc(S(=O)(=O)N2Cc3cc(C#N)ccc3N(Cc3cncn3C)C[C@H]2Cc2ccc(OC(=O)NCc3ccccc3)cc2)cc1. The molecule has 1 amide bonds. The first kappa shape index (κ1) is 33.3. The Morgan fingerprint density at radius 3 is 2.39 bits per heavy atom. The van der Waals surface area contributed by atoms with Crippen LogP contribution in [0.3, 0.4) is 0 Å². The number of ether oxygens (including phenoxy) is 2. The molecule has 49 heavy (non-hydrogen) atoms. The molecular formula is C37H36N6O5S. The summed E-state index contributed by atoms with van der Waals surface area (Å²) in [6, 6.07) is 30.1. The van der Waals surface area contributed by atoms with Crippen molar-refractivity contribution in [2.45, 2.75) is 37.0 Å². The fourth-order valence-electron chi connectivity index (χ4n) is 5.92. The van der Waals surface area contributed by atoms with Crippen LogP contribution >= 0.6 is 0 Å². The molecule has 1 N–H and O–H groups in total. The van der Waals surface area contributed by atoms with Crippen molar-refractivity contribution in [2.24, 2.45) is 7.05 Å². The maximum absolute atomic E-state index is 14.4. The predicted molar refractivity (Wildman–Crippen MR) is 184 cm³/mol. The minimum absolute atomic E-state index is 0.0640. The standard InChI is InChI=1S/C37H36N6O5S/c1-41-26-39-22-32(41)25-42-24-31(19-27-8-11-34(12-9-27)48-37(44)40-21-28-6-4-3-5-7-28)43(23-30-18-29(20-38)10-17-36(30)42)49(45,46)35-15-13-33(47-2)14-16-35/h3-18,22,26,31H,19,21,23-25H2,1-2H3,(H,40,44)/t31-/m1/s1. The van der Waals surface area contributed by atoms with Gasteiger partial charge in [0.05, 0.1) is 42.2 Å². The van der Waals surface area contributed by atoms with Crippen molar-refractivity contribution in [3.05, 3.63) is 138 Å². The maximum Gasteiger partial charge on any atom is 0.412 e. The average Bonchev–Trinajstić information content (AvgIpc) is 3.46. The number of hydrogen-bond acceptors (Lipinski definition) is 8. The average molecular weight is 677 g/mol. The van der Waals surface area contributed by atoms with Gasteiger partial charge < -0.3 is 24.3 Å². The highest BCUT2D eigenvalue weighted by atomic mass is 32.2. The van der Waals surface area contributed by atoms with Crippen molar-refractivity contribution in [1.82, 2.24) is 19.2 Å². The van der Waals surface area contributed by atoms with Crippen LogP contribution in [0, 0.1) is 11.3 Å². The van der Waals surface area contributed by atoms with Crippen LogP contribution in [0.2, 0.25) is 0 Å². The van der Waals surface area contributed by atoms with E-state index in [4.69, 9.17) is 9.47 Å². The molecule has 250 valence electrons. The summed E-state index contributed by atoms with van der Waals surface area (Å²) in [5.74, 6) is 0.918. The number of methoxy groups -OCH3 is 1. The number of aryl methyl sites for hydroxylation is 1. The topological polar surface area (TPSA) is 130 Å². The molecule has 0 saturated carbocycles. The van der Waals surface area contributed by atoms with E-state index in [0.717, 1.165) is 28.1 Å². The molecule has 0 bridgehead atoms. The first-order chi connectivity index (χ1) is 23.7. The third-order valence-corrected chi connectivity index (χ3v) is 10.4. The first-order valence-corrected chi connectivity index (χ1v) is 17.1. The molecule has 0 fully saturated rings. The summed E-state index contributed by atoms with van der Waals surface area (Å²) >= 11 is 0. The molecule has 0 spiro atoms. The Morgan fingerprint density at radius 2 is 1.71 bits per heavy atom. The van der Waals surface area contributed by atoms with Gasteiger partial charge in [-0.25, -0.2) is 18.2 Å². The van der Waals surface area contributed by atoms with Crippen LogP contribution in [0.1, 0.15) is 27.9 Å². The number of nitriles is 1. The van der Waals surface area contributed by atoms with Gasteiger partial charge in [-0.05, 0) is 77.7 Å². The molecule has 1 atom stereocenters. The zero-order chi connectivity index (χ0) is 34.4. The van der Waals surface area contributed by atoms with E-state index in [2.05, 4.69) is 21.3 Å². The number of sulfonamides is 1. The number of carbonyl (C=O) groups is 1. The Bertz CT molecular complexity index is 2060. The first-order valence-electron chi connectivity index (χ1n) is 15.7. The van der Waals surface area contributed by atoms with Crippen LogP contribution in [0.15, 0.2) is 114 Å². The van der Waals surface area contributed by atoms with E-state index >= 15 is 0 Å². The molecule has 5 aromatic rings. The molecule has 1 aromatic heterocycles. The highest BCUT2D eigenvalue weighted by Crippen LogP contribution is 2.34. The molecule has 1 aliphatic heterocycles. The number of nitrogens with zero attached hydrogens (tertiary/aromatic N) is 5.